The highest BCUT2D eigenvalue weighted by Gasteiger charge is 2.42. The monoisotopic (exact) mass is 434 g/mol. The van der Waals surface area contributed by atoms with E-state index in [1.165, 1.54) is 0 Å². The maximum atomic E-state index is 13.6. The molecule has 8 heteroatoms. The summed E-state index contributed by atoms with van der Waals surface area (Å²) >= 11 is 0. The Hall–Kier alpha value is -2.12. The molecule has 3 unspecified atom stereocenters. The lowest BCUT2D eigenvalue weighted by Gasteiger charge is -2.44. The van der Waals surface area contributed by atoms with Crippen molar-refractivity contribution in [2.45, 2.75) is 37.8 Å². The molecule has 1 aromatic carbocycles. The van der Waals surface area contributed by atoms with E-state index in [2.05, 4.69) is 5.32 Å². The van der Waals surface area contributed by atoms with Gasteiger partial charge in [0.2, 0.25) is 17.7 Å². The lowest BCUT2D eigenvalue weighted by atomic mass is 9.83. The van der Waals surface area contributed by atoms with E-state index < -0.39 is 0 Å². The van der Waals surface area contributed by atoms with Crippen LogP contribution in [-0.2, 0) is 14.4 Å². The summed E-state index contributed by atoms with van der Waals surface area (Å²) in [4.78, 5) is 43.9. The molecule has 3 fully saturated rings. The molecule has 0 bridgehead atoms. The van der Waals surface area contributed by atoms with Gasteiger partial charge in [0.15, 0.2) is 0 Å². The molecule has 1 aromatic rings. The number of amides is 3. The predicted molar refractivity (Wildman–Crippen MR) is 116 cm³/mol. The average Bonchev–Trinajstić information content (AvgIpc) is 2.76. The molecule has 30 heavy (non-hydrogen) atoms. The normalized spacial score (nSPS) is 27.6. The Balaban J connectivity index is 0.00000256. The first-order valence-electron chi connectivity index (χ1n) is 10.7. The zero-order chi connectivity index (χ0) is 20.4. The maximum absolute atomic E-state index is 13.6. The molecule has 4 rings (SSSR count). The second kappa shape index (κ2) is 9.79. The Morgan fingerprint density at radius 3 is 2.57 bits per heavy atom. The fraction of sp³-hybridized carbons (Fsp3) is 0.591. The number of carbonyl (C=O) groups excluding carboxylic acids is 3. The number of nitrogens with zero attached hydrogens (tertiary/aromatic N) is 3. The van der Waals surface area contributed by atoms with Crippen LogP contribution in [0.15, 0.2) is 30.3 Å². The van der Waals surface area contributed by atoms with Crippen molar-refractivity contribution in [3.63, 3.8) is 0 Å². The summed E-state index contributed by atoms with van der Waals surface area (Å²) in [5, 5.41) is 3.11. The third-order valence-electron chi connectivity index (χ3n) is 6.59. The van der Waals surface area contributed by atoms with Crippen molar-refractivity contribution in [2.75, 3.05) is 39.8 Å². The summed E-state index contributed by atoms with van der Waals surface area (Å²) in [6.07, 6.45) is 2.84. The zero-order valence-electron chi connectivity index (χ0n) is 17.5. The SMILES string of the molecule is CN1C(=O)CCC(C(=O)N2CCCC(N3CCNCC3=O)C2)C1c1ccccc1.Cl. The van der Waals surface area contributed by atoms with Crippen molar-refractivity contribution in [2.24, 2.45) is 5.92 Å². The van der Waals surface area contributed by atoms with Crippen LogP contribution < -0.4 is 5.32 Å². The van der Waals surface area contributed by atoms with Gasteiger partial charge in [-0.2, -0.15) is 0 Å². The largest absolute Gasteiger partial charge is 0.340 e. The molecule has 3 amide bonds. The number of nitrogens with one attached hydrogen (secondary N) is 1. The molecular formula is C22H31ClN4O3. The molecule has 3 heterocycles. The van der Waals surface area contributed by atoms with E-state index in [-0.39, 0.29) is 48.1 Å². The van der Waals surface area contributed by atoms with Crippen LogP contribution in [0, 0.1) is 5.92 Å². The number of benzene rings is 1. The zero-order valence-corrected chi connectivity index (χ0v) is 18.3. The molecular weight excluding hydrogens is 404 g/mol. The fourth-order valence-corrected chi connectivity index (χ4v) is 5.05. The molecule has 164 valence electrons. The summed E-state index contributed by atoms with van der Waals surface area (Å²) in [6.45, 7) is 3.22. The second-order valence-corrected chi connectivity index (χ2v) is 8.35. The molecule has 7 nitrogen and oxygen atoms in total. The molecule has 0 spiro atoms. The van der Waals surface area contributed by atoms with Crippen LogP contribution in [-0.4, -0.2) is 78.2 Å². The molecule has 3 aliphatic rings. The van der Waals surface area contributed by atoms with E-state index in [9.17, 15) is 14.4 Å². The second-order valence-electron chi connectivity index (χ2n) is 8.35. The number of carbonyl (C=O) groups is 3. The lowest BCUT2D eigenvalue weighted by molar-refractivity contribution is -0.150. The van der Waals surface area contributed by atoms with Crippen LogP contribution in [0.3, 0.4) is 0 Å². The molecule has 0 radical (unpaired) electrons. The van der Waals surface area contributed by atoms with Crippen LogP contribution in [0.1, 0.15) is 37.3 Å². The van der Waals surface area contributed by atoms with Crippen molar-refractivity contribution in [1.29, 1.82) is 0 Å². The first kappa shape index (κ1) is 22.6. The quantitative estimate of drug-likeness (QED) is 0.781. The van der Waals surface area contributed by atoms with E-state index in [0.717, 1.165) is 31.5 Å². The maximum Gasteiger partial charge on any atom is 0.236 e. The van der Waals surface area contributed by atoms with Gasteiger partial charge in [-0.05, 0) is 24.8 Å². The summed E-state index contributed by atoms with van der Waals surface area (Å²) in [5.74, 6) is 0.0922. The van der Waals surface area contributed by atoms with Gasteiger partial charge < -0.3 is 20.0 Å². The van der Waals surface area contributed by atoms with Gasteiger partial charge >= 0.3 is 0 Å². The first-order chi connectivity index (χ1) is 14.1. The third kappa shape index (κ3) is 4.47. The average molecular weight is 435 g/mol. The van der Waals surface area contributed by atoms with Crippen molar-refractivity contribution in [1.82, 2.24) is 20.0 Å². The highest BCUT2D eigenvalue weighted by Crippen LogP contribution is 2.37. The Morgan fingerprint density at radius 1 is 1.07 bits per heavy atom. The molecule has 0 aliphatic carbocycles. The van der Waals surface area contributed by atoms with Gasteiger partial charge in [-0.25, -0.2) is 0 Å². The Labute approximate surface area is 184 Å². The van der Waals surface area contributed by atoms with Gasteiger partial charge in [0, 0.05) is 45.7 Å². The highest BCUT2D eigenvalue weighted by atomic mass is 35.5. The van der Waals surface area contributed by atoms with Crippen molar-refractivity contribution < 1.29 is 14.4 Å². The number of piperidine rings is 2. The minimum absolute atomic E-state index is 0. The predicted octanol–water partition coefficient (Wildman–Crippen LogP) is 1.44. The molecule has 3 atom stereocenters. The van der Waals surface area contributed by atoms with E-state index in [1.807, 2.05) is 40.1 Å². The standard InChI is InChI=1S/C22H30N4O3.ClH/c1-24-19(27)10-9-18(21(24)16-6-3-2-4-7-16)22(29)25-12-5-8-17(15-25)26-13-11-23-14-20(26)28;/h2-4,6-7,17-18,21,23H,5,8-15H2,1H3;1H. The molecule has 3 saturated heterocycles. The van der Waals surface area contributed by atoms with Gasteiger partial charge in [0.1, 0.15) is 0 Å². The van der Waals surface area contributed by atoms with Crippen molar-refractivity contribution >= 4 is 30.1 Å². The van der Waals surface area contributed by atoms with Crippen molar-refractivity contribution in [3.8, 4) is 0 Å². The number of hydrogen-bond acceptors (Lipinski definition) is 4. The molecule has 0 aromatic heterocycles. The van der Waals surface area contributed by atoms with Gasteiger partial charge in [-0.15, -0.1) is 12.4 Å². The minimum Gasteiger partial charge on any atom is -0.340 e. The smallest absolute Gasteiger partial charge is 0.236 e. The summed E-state index contributed by atoms with van der Waals surface area (Å²) in [5.41, 5.74) is 1.01. The summed E-state index contributed by atoms with van der Waals surface area (Å²) in [7, 11) is 1.80. The van der Waals surface area contributed by atoms with E-state index in [0.29, 0.717) is 32.5 Å². The van der Waals surface area contributed by atoms with E-state index in [1.54, 1.807) is 11.9 Å². The van der Waals surface area contributed by atoms with Crippen LogP contribution in [0.2, 0.25) is 0 Å². The van der Waals surface area contributed by atoms with Crippen LogP contribution >= 0.6 is 12.4 Å². The van der Waals surface area contributed by atoms with Gasteiger partial charge in [-0.3, -0.25) is 14.4 Å². The molecule has 3 aliphatic heterocycles. The van der Waals surface area contributed by atoms with Crippen LogP contribution in [0.25, 0.3) is 0 Å². The van der Waals surface area contributed by atoms with E-state index >= 15 is 0 Å². The van der Waals surface area contributed by atoms with Gasteiger partial charge in [-0.1, -0.05) is 30.3 Å². The topological polar surface area (TPSA) is 73.0 Å². The van der Waals surface area contributed by atoms with Gasteiger partial charge in [0.05, 0.1) is 18.5 Å². The van der Waals surface area contributed by atoms with Gasteiger partial charge in [0.25, 0.3) is 0 Å². The fourth-order valence-electron chi connectivity index (χ4n) is 5.05. The third-order valence-corrected chi connectivity index (χ3v) is 6.59. The number of rotatable bonds is 3. The molecule has 1 N–H and O–H groups in total. The highest BCUT2D eigenvalue weighted by molar-refractivity contribution is 5.86. The number of likely N-dealkylation sites (tertiary alicyclic amines) is 2. The minimum atomic E-state index is -0.238. The number of halogens is 1. The van der Waals surface area contributed by atoms with Crippen LogP contribution in [0.5, 0.6) is 0 Å². The van der Waals surface area contributed by atoms with Crippen molar-refractivity contribution in [3.05, 3.63) is 35.9 Å². The van der Waals surface area contributed by atoms with Crippen LogP contribution in [0.4, 0.5) is 0 Å². The first-order valence-corrected chi connectivity index (χ1v) is 10.7. The number of hydrogen-bond donors (Lipinski definition) is 1. The summed E-state index contributed by atoms with van der Waals surface area (Å²) in [6, 6.07) is 9.72. The Morgan fingerprint density at radius 2 is 1.83 bits per heavy atom. The summed E-state index contributed by atoms with van der Waals surface area (Å²) < 4.78 is 0. The Bertz CT molecular complexity index is 775. The molecule has 0 saturated carbocycles. The van der Waals surface area contributed by atoms with E-state index in [4.69, 9.17) is 0 Å². The number of piperazine rings is 1. The Kier molecular flexibility index (Phi) is 7.36. The lowest BCUT2D eigenvalue weighted by Crippen LogP contribution is -2.58.